The van der Waals surface area contributed by atoms with Gasteiger partial charge in [-0.15, -0.1) is 0 Å². The van der Waals surface area contributed by atoms with Crippen molar-refractivity contribution in [3.8, 4) is 11.1 Å². The maximum atomic E-state index is 13.0. The van der Waals surface area contributed by atoms with E-state index in [9.17, 15) is 14.7 Å². The highest BCUT2D eigenvalue weighted by Gasteiger charge is 2.42. The summed E-state index contributed by atoms with van der Waals surface area (Å²) in [5, 5.41) is 24.7. The fourth-order valence-corrected chi connectivity index (χ4v) is 7.14. The lowest BCUT2D eigenvalue weighted by atomic mass is 9.72. The molecule has 4 amide bonds. The normalized spacial score (nSPS) is 18.8. The molecule has 2 saturated heterocycles. The van der Waals surface area contributed by atoms with Crippen molar-refractivity contribution in [1.82, 2.24) is 31.1 Å². The fourth-order valence-electron chi connectivity index (χ4n) is 7.14. The summed E-state index contributed by atoms with van der Waals surface area (Å²) in [5.41, 5.74) is 3.32. The monoisotopic (exact) mass is 680 g/mol. The van der Waals surface area contributed by atoms with Crippen LogP contribution >= 0.6 is 0 Å². The van der Waals surface area contributed by atoms with E-state index in [1.165, 1.54) is 12.0 Å². The highest BCUT2D eigenvalue weighted by molar-refractivity contribution is 5.75. The van der Waals surface area contributed by atoms with Crippen LogP contribution in [-0.4, -0.2) is 106 Å². The minimum atomic E-state index is -1.04. The van der Waals surface area contributed by atoms with E-state index in [1.807, 2.05) is 55.9 Å². The van der Waals surface area contributed by atoms with Gasteiger partial charge in [-0.2, -0.15) is 0 Å². The van der Waals surface area contributed by atoms with Crippen molar-refractivity contribution in [3.05, 3.63) is 59.7 Å². The molecule has 0 aromatic heterocycles. The molecular formula is C39H64N6O4. The highest BCUT2D eigenvalue weighted by atomic mass is 16.5. The first-order chi connectivity index (χ1) is 23.6. The van der Waals surface area contributed by atoms with Crippen molar-refractivity contribution in [2.45, 2.75) is 89.8 Å². The van der Waals surface area contributed by atoms with E-state index >= 15 is 0 Å². The number of likely N-dealkylation sites (N-methyl/N-ethyl adjacent to an activating group) is 2. The number of aliphatic hydroxyl groups is 1. The molecule has 49 heavy (non-hydrogen) atoms. The molecule has 274 valence electrons. The Kier molecular flexibility index (Phi) is 17.4. The van der Waals surface area contributed by atoms with Gasteiger partial charge in [0.15, 0.2) is 0 Å². The van der Waals surface area contributed by atoms with Crippen molar-refractivity contribution in [2.24, 2.45) is 5.92 Å². The minimum Gasteiger partial charge on any atom is -0.385 e. The lowest BCUT2D eigenvalue weighted by Gasteiger charge is -2.44. The number of aryl methyl sites for hydroxylation is 1. The van der Waals surface area contributed by atoms with Gasteiger partial charge < -0.3 is 40.9 Å². The van der Waals surface area contributed by atoms with Gasteiger partial charge in [0.1, 0.15) is 0 Å². The molecule has 2 heterocycles. The molecular weight excluding hydrogens is 616 g/mol. The van der Waals surface area contributed by atoms with Crippen LogP contribution in [0.3, 0.4) is 0 Å². The summed E-state index contributed by atoms with van der Waals surface area (Å²) < 4.78 is 5.27. The average molecular weight is 681 g/mol. The zero-order valence-corrected chi connectivity index (χ0v) is 31.0. The summed E-state index contributed by atoms with van der Waals surface area (Å²) in [5.74, 6) is -0.0469. The summed E-state index contributed by atoms with van der Waals surface area (Å²) in [7, 11) is 5.49. The molecule has 0 radical (unpaired) electrons. The Morgan fingerprint density at radius 2 is 1.41 bits per heavy atom. The fraction of sp³-hybridized carbons (Fsp3) is 0.641. The van der Waals surface area contributed by atoms with E-state index in [0.717, 1.165) is 81.4 Å². The quantitative estimate of drug-likeness (QED) is 0.169. The number of urea groups is 2. The Hall–Kier alpha value is -3.18. The van der Waals surface area contributed by atoms with Gasteiger partial charge in [0.25, 0.3) is 0 Å². The van der Waals surface area contributed by atoms with Crippen LogP contribution in [0.15, 0.2) is 48.5 Å². The van der Waals surface area contributed by atoms with Gasteiger partial charge in [0.2, 0.25) is 0 Å². The van der Waals surface area contributed by atoms with Crippen LogP contribution in [0.25, 0.3) is 11.1 Å². The van der Waals surface area contributed by atoms with Crippen LogP contribution in [0.1, 0.15) is 76.3 Å². The summed E-state index contributed by atoms with van der Waals surface area (Å²) in [4.78, 5) is 28.5. The molecule has 5 N–H and O–H groups in total. The topological polar surface area (TPSA) is 118 Å². The molecule has 0 saturated carbocycles. The first-order valence-corrected chi connectivity index (χ1v) is 18.4. The molecule has 2 aromatic rings. The smallest absolute Gasteiger partial charge is 0.317 e. The number of hydrogen-bond acceptors (Lipinski definition) is 6. The predicted octanol–water partition coefficient (Wildman–Crippen LogP) is 5.49. The van der Waals surface area contributed by atoms with Crippen LogP contribution in [0.4, 0.5) is 9.59 Å². The number of nitrogens with zero attached hydrogens (tertiary/aromatic N) is 2. The molecule has 2 fully saturated rings. The Morgan fingerprint density at radius 3 is 2.02 bits per heavy atom. The van der Waals surface area contributed by atoms with Crippen LogP contribution in [0.5, 0.6) is 0 Å². The molecule has 10 heteroatoms. The number of unbranched alkanes of at least 4 members (excludes halogenated alkanes) is 1. The van der Waals surface area contributed by atoms with Crippen LogP contribution in [0.2, 0.25) is 0 Å². The van der Waals surface area contributed by atoms with Gasteiger partial charge in [0, 0.05) is 71.0 Å². The molecule has 2 aliphatic heterocycles. The van der Waals surface area contributed by atoms with Crippen molar-refractivity contribution < 1.29 is 19.4 Å². The number of nitrogens with one attached hydrogen (secondary N) is 4. The van der Waals surface area contributed by atoms with Gasteiger partial charge >= 0.3 is 12.1 Å². The first-order valence-electron chi connectivity index (χ1n) is 18.4. The number of amides is 4. The molecule has 0 spiro atoms. The van der Waals surface area contributed by atoms with E-state index in [0.29, 0.717) is 26.1 Å². The predicted molar refractivity (Wildman–Crippen MR) is 200 cm³/mol. The number of methoxy groups -OCH3 is 1. The number of benzene rings is 2. The molecule has 10 nitrogen and oxygen atoms in total. The number of hydrogen-bond donors (Lipinski definition) is 5. The number of rotatable bonds is 14. The van der Waals surface area contributed by atoms with Crippen LogP contribution < -0.4 is 21.3 Å². The summed E-state index contributed by atoms with van der Waals surface area (Å²) >= 11 is 0. The van der Waals surface area contributed by atoms with Gasteiger partial charge in [-0.3, -0.25) is 0 Å². The first kappa shape index (κ1) is 40.3. The molecule has 2 aromatic carbocycles. The Bertz CT molecular complexity index is 1270. The number of carbonyl (C=O) groups excluding carboxylic acids is 2. The second-order valence-corrected chi connectivity index (χ2v) is 13.9. The van der Waals surface area contributed by atoms with Crippen LogP contribution in [0, 0.1) is 12.8 Å². The van der Waals surface area contributed by atoms with E-state index in [2.05, 4.69) is 58.5 Å². The lowest BCUT2D eigenvalue weighted by Crippen LogP contribution is -2.53. The van der Waals surface area contributed by atoms with Crippen molar-refractivity contribution in [2.75, 3.05) is 67.1 Å². The zero-order chi connectivity index (χ0) is 35.6. The number of carbonyl (C=O) groups is 2. The summed E-state index contributed by atoms with van der Waals surface area (Å²) in [6.07, 6.45) is 7.70. The molecule has 0 unspecified atom stereocenters. The third-order valence-corrected chi connectivity index (χ3v) is 9.77. The molecule has 4 rings (SSSR count). The van der Waals surface area contributed by atoms with E-state index in [1.54, 1.807) is 7.11 Å². The Labute approximate surface area is 295 Å². The number of ether oxygens (including phenoxy) is 1. The molecule has 2 aliphatic rings. The SMILES string of the molecule is CNC[C@H](C)NC(=O)N1CCCCC1.CNC[C@H](C)NC(=O)N1CCC[C@@H]([C@@](O)(CCCCOC)c2ccccc2-c2ccccc2C)C1. The zero-order valence-electron chi connectivity index (χ0n) is 31.0. The van der Waals surface area contributed by atoms with E-state index in [-0.39, 0.29) is 30.1 Å². The van der Waals surface area contributed by atoms with Gasteiger partial charge in [-0.05, 0) is 108 Å². The molecule has 0 aliphatic carbocycles. The lowest BCUT2D eigenvalue weighted by molar-refractivity contribution is -0.0559. The highest BCUT2D eigenvalue weighted by Crippen LogP contribution is 2.44. The number of likely N-dealkylation sites (tertiary alicyclic amines) is 2. The Balaban J connectivity index is 0.000000388. The van der Waals surface area contributed by atoms with Crippen molar-refractivity contribution in [3.63, 3.8) is 0 Å². The van der Waals surface area contributed by atoms with Gasteiger partial charge in [0.05, 0.1) is 5.60 Å². The maximum absolute atomic E-state index is 13.0. The molecule has 0 bridgehead atoms. The second kappa shape index (κ2) is 21.1. The summed E-state index contributed by atoms with van der Waals surface area (Å²) in [6.45, 7) is 11.4. The average Bonchev–Trinajstić information content (AvgIpc) is 3.11. The van der Waals surface area contributed by atoms with E-state index < -0.39 is 5.60 Å². The molecule has 4 atom stereocenters. The maximum Gasteiger partial charge on any atom is 0.317 e. The van der Waals surface area contributed by atoms with E-state index in [4.69, 9.17) is 4.74 Å². The van der Waals surface area contributed by atoms with Gasteiger partial charge in [-0.25, -0.2) is 9.59 Å². The standard InChI is InChI=1S/C29H43N3O3.C10H21N3O/c1-22-12-5-6-14-25(22)26-15-7-8-16-27(26)29(34,17-9-10-19-35-4)24-13-11-18-32(21-24)28(33)31-23(2)20-30-3;1-9(8-11-2)12-10(14)13-6-4-3-5-7-13/h5-8,12,14-16,23-24,30,34H,9-11,13,17-21H2,1-4H3,(H,31,33);9,11H,3-8H2,1-2H3,(H,12,14)/t23-,24+,29-;9-/m00/s1. The third-order valence-electron chi connectivity index (χ3n) is 9.77. The second-order valence-electron chi connectivity index (χ2n) is 13.9. The minimum absolute atomic E-state index is 0.0441. The summed E-state index contributed by atoms with van der Waals surface area (Å²) in [6, 6.07) is 16.9. The van der Waals surface area contributed by atoms with Crippen molar-refractivity contribution >= 4 is 12.1 Å². The van der Waals surface area contributed by atoms with Crippen molar-refractivity contribution in [1.29, 1.82) is 0 Å². The number of piperidine rings is 2. The van der Waals surface area contributed by atoms with Gasteiger partial charge in [-0.1, -0.05) is 48.5 Å². The third kappa shape index (κ3) is 12.3. The Morgan fingerprint density at radius 1 is 0.837 bits per heavy atom. The largest absolute Gasteiger partial charge is 0.385 e. The van der Waals surface area contributed by atoms with Crippen LogP contribution in [-0.2, 0) is 10.3 Å².